The van der Waals surface area contributed by atoms with E-state index in [9.17, 15) is 4.79 Å². The fourth-order valence-electron chi connectivity index (χ4n) is 1.38. The molecule has 0 aromatic heterocycles. The number of amides is 1. The number of benzene rings is 1. The van der Waals surface area contributed by atoms with Crippen molar-refractivity contribution in [1.29, 1.82) is 0 Å². The molecule has 1 aromatic carbocycles. The summed E-state index contributed by atoms with van der Waals surface area (Å²) >= 11 is 0. The molecule has 94 valence electrons. The maximum absolute atomic E-state index is 11.4. The first-order chi connectivity index (χ1) is 8.13. The fourth-order valence-corrected chi connectivity index (χ4v) is 1.38. The van der Waals surface area contributed by atoms with E-state index in [2.05, 4.69) is 19.2 Å². The number of anilines is 1. The van der Waals surface area contributed by atoms with Gasteiger partial charge in [0.05, 0.1) is 13.2 Å². The first-order valence-electron chi connectivity index (χ1n) is 5.72. The predicted octanol–water partition coefficient (Wildman–Crippen LogP) is 1.76. The highest BCUT2D eigenvalue weighted by Gasteiger charge is 2.03. The third kappa shape index (κ3) is 4.97. The summed E-state index contributed by atoms with van der Waals surface area (Å²) < 4.78 is 4.92. The lowest BCUT2D eigenvalue weighted by molar-refractivity contribution is -0.120. The summed E-state index contributed by atoms with van der Waals surface area (Å²) in [5, 5.41) is 11.2. The average molecular weight is 237 g/mol. The molecule has 0 bridgehead atoms. The number of aliphatic hydroxyl groups is 1. The van der Waals surface area contributed by atoms with Gasteiger partial charge in [-0.3, -0.25) is 4.79 Å². The van der Waals surface area contributed by atoms with E-state index in [4.69, 9.17) is 9.84 Å². The van der Waals surface area contributed by atoms with Crippen LogP contribution in [-0.4, -0.2) is 30.8 Å². The van der Waals surface area contributed by atoms with Crippen LogP contribution in [0.2, 0.25) is 0 Å². The SMILES string of the molecule is CC(C)c1ccc(NC(=O)COCCO)cc1. The molecule has 0 spiro atoms. The van der Waals surface area contributed by atoms with Crippen molar-refractivity contribution in [2.75, 3.05) is 25.1 Å². The van der Waals surface area contributed by atoms with Crippen molar-refractivity contribution in [2.24, 2.45) is 0 Å². The molecule has 1 amide bonds. The quantitative estimate of drug-likeness (QED) is 0.741. The Hall–Kier alpha value is -1.39. The highest BCUT2D eigenvalue weighted by molar-refractivity contribution is 5.91. The van der Waals surface area contributed by atoms with Crippen LogP contribution in [0.5, 0.6) is 0 Å². The summed E-state index contributed by atoms with van der Waals surface area (Å²) in [5.74, 6) is 0.267. The van der Waals surface area contributed by atoms with Crippen molar-refractivity contribution in [2.45, 2.75) is 19.8 Å². The second-order valence-electron chi connectivity index (χ2n) is 4.10. The van der Waals surface area contributed by atoms with Crippen LogP contribution in [-0.2, 0) is 9.53 Å². The largest absolute Gasteiger partial charge is 0.394 e. The molecule has 1 aromatic rings. The Morgan fingerprint density at radius 2 is 2.00 bits per heavy atom. The number of rotatable bonds is 6. The lowest BCUT2D eigenvalue weighted by Crippen LogP contribution is -2.19. The van der Waals surface area contributed by atoms with E-state index in [1.165, 1.54) is 5.56 Å². The van der Waals surface area contributed by atoms with Gasteiger partial charge in [-0.2, -0.15) is 0 Å². The minimum atomic E-state index is -0.212. The molecule has 0 saturated carbocycles. The summed E-state index contributed by atoms with van der Waals surface area (Å²) in [7, 11) is 0. The third-order valence-electron chi connectivity index (χ3n) is 2.33. The summed E-state index contributed by atoms with van der Waals surface area (Å²) in [6, 6.07) is 7.74. The van der Waals surface area contributed by atoms with Crippen LogP contribution in [0.3, 0.4) is 0 Å². The topological polar surface area (TPSA) is 58.6 Å². The summed E-state index contributed by atoms with van der Waals surface area (Å²) in [6.07, 6.45) is 0. The number of nitrogens with one attached hydrogen (secondary N) is 1. The molecule has 0 heterocycles. The number of ether oxygens (including phenoxy) is 1. The van der Waals surface area contributed by atoms with E-state index in [0.717, 1.165) is 5.69 Å². The fraction of sp³-hybridized carbons (Fsp3) is 0.462. The van der Waals surface area contributed by atoms with Crippen molar-refractivity contribution in [3.8, 4) is 0 Å². The van der Waals surface area contributed by atoms with Gasteiger partial charge >= 0.3 is 0 Å². The molecule has 4 heteroatoms. The van der Waals surface area contributed by atoms with Gasteiger partial charge in [0.15, 0.2) is 0 Å². The van der Waals surface area contributed by atoms with Gasteiger partial charge in [0, 0.05) is 5.69 Å². The van der Waals surface area contributed by atoms with Gasteiger partial charge in [-0.15, -0.1) is 0 Å². The summed E-state index contributed by atoms with van der Waals surface area (Å²) in [5.41, 5.74) is 1.99. The molecule has 17 heavy (non-hydrogen) atoms. The van der Waals surface area contributed by atoms with Crippen LogP contribution in [0.15, 0.2) is 24.3 Å². The normalized spacial score (nSPS) is 10.6. The molecule has 0 radical (unpaired) electrons. The molecule has 0 atom stereocenters. The van der Waals surface area contributed by atoms with Gasteiger partial charge in [-0.05, 0) is 23.6 Å². The lowest BCUT2D eigenvalue weighted by atomic mass is 10.0. The van der Waals surface area contributed by atoms with Crippen molar-refractivity contribution in [1.82, 2.24) is 0 Å². The smallest absolute Gasteiger partial charge is 0.250 e. The van der Waals surface area contributed by atoms with Gasteiger partial charge in [0.1, 0.15) is 6.61 Å². The Kier molecular flexibility index (Phi) is 5.66. The highest BCUT2D eigenvalue weighted by Crippen LogP contribution is 2.16. The summed E-state index contributed by atoms with van der Waals surface area (Å²) in [4.78, 5) is 11.4. The molecule has 1 rings (SSSR count). The van der Waals surface area contributed by atoms with Crippen molar-refractivity contribution in [3.63, 3.8) is 0 Å². The zero-order chi connectivity index (χ0) is 12.7. The first-order valence-corrected chi connectivity index (χ1v) is 5.72. The van der Waals surface area contributed by atoms with E-state index in [1.807, 2.05) is 24.3 Å². The van der Waals surface area contributed by atoms with Crippen molar-refractivity contribution < 1.29 is 14.6 Å². The van der Waals surface area contributed by atoms with Crippen LogP contribution in [0.1, 0.15) is 25.3 Å². The van der Waals surface area contributed by atoms with E-state index in [0.29, 0.717) is 5.92 Å². The Morgan fingerprint density at radius 1 is 1.35 bits per heavy atom. The van der Waals surface area contributed by atoms with Crippen LogP contribution in [0.25, 0.3) is 0 Å². The zero-order valence-corrected chi connectivity index (χ0v) is 10.3. The molecule has 4 nitrogen and oxygen atoms in total. The number of hydrogen-bond donors (Lipinski definition) is 2. The number of carbonyl (C=O) groups is 1. The van der Waals surface area contributed by atoms with Gasteiger partial charge in [-0.1, -0.05) is 26.0 Å². The second kappa shape index (κ2) is 7.04. The molecule has 0 saturated heterocycles. The van der Waals surface area contributed by atoms with Gasteiger partial charge in [0.2, 0.25) is 5.91 Å². The standard InChI is InChI=1S/C13H19NO3/c1-10(2)11-3-5-12(6-4-11)14-13(16)9-17-8-7-15/h3-6,10,15H,7-9H2,1-2H3,(H,14,16). The van der Waals surface area contributed by atoms with Crippen molar-refractivity contribution in [3.05, 3.63) is 29.8 Å². The Bertz CT molecular complexity index is 346. The average Bonchev–Trinajstić information content (AvgIpc) is 2.30. The number of carbonyl (C=O) groups excluding carboxylic acids is 1. The monoisotopic (exact) mass is 237 g/mol. The Balaban J connectivity index is 2.43. The third-order valence-corrected chi connectivity index (χ3v) is 2.33. The maximum Gasteiger partial charge on any atom is 0.250 e. The number of aliphatic hydroxyl groups excluding tert-OH is 1. The van der Waals surface area contributed by atoms with E-state index >= 15 is 0 Å². The Labute approximate surface area is 102 Å². The van der Waals surface area contributed by atoms with E-state index in [-0.39, 0.29) is 25.7 Å². The van der Waals surface area contributed by atoms with Gasteiger partial charge in [0.25, 0.3) is 0 Å². The molecular weight excluding hydrogens is 218 g/mol. The highest BCUT2D eigenvalue weighted by atomic mass is 16.5. The van der Waals surface area contributed by atoms with Crippen LogP contribution in [0.4, 0.5) is 5.69 Å². The minimum Gasteiger partial charge on any atom is -0.394 e. The van der Waals surface area contributed by atoms with Crippen LogP contribution >= 0.6 is 0 Å². The molecule has 0 unspecified atom stereocenters. The number of hydrogen-bond acceptors (Lipinski definition) is 3. The molecule has 0 aliphatic carbocycles. The maximum atomic E-state index is 11.4. The Morgan fingerprint density at radius 3 is 2.53 bits per heavy atom. The zero-order valence-electron chi connectivity index (χ0n) is 10.3. The molecule has 0 aliphatic rings. The minimum absolute atomic E-state index is 0.0352. The molecule has 0 aliphatic heterocycles. The summed E-state index contributed by atoms with van der Waals surface area (Å²) in [6.45, 7) is 4.31. The van der Waals surface area contributed by atoms with Gasteiger partial charge < -0.3 is 15.2 Å². The molecule has 2 N–H and O–H groups in total. The van der Waals surface area contributed by atoms with Crippen LogP contribution in [0, 0.1) is 0 Å². The van der Waals surface area contributed by atoms with Gasteiger partial charge in [-0.25, -0.2) is 0 Å². The molecular formula is C13H19NO3. The van der Waals surface area contributed by atoms with Crippen molar-refractivity contribution >= 4 is 11.6 Å². The predicted molar refractivity (Wildman–Crippen MR) is 67.1 cm³/mol. The molecule has 0 fully saturated rings. The van der Waals surface area contributed by atoms with E-state index < -0.39 is 0 Å². The first kappa shape index (κ1) is 13.7. The van der Waals surface area contributed by atoms with Crippen LogP contribution < -0.4 is 5.32 Å². The lowest BCUT2D eigenvalue weighted by Gasteiger charge is -2.08. The second-order valence-corrected chi connectivity index (χ2v) is 4.10. The van der Waals surface area contributed by atoms with E-state index in [1.54, 1.807) is 0 Å².